The Morgan fingerprint density at radius 2 is 2.50 bits per heavy atom. The molecule has 4 nitrogen and oxygen atoms in total. The summed E-state index contributed by atoms with van der Waals surface area (Å²) in [4.78, 5) is 6.37. The van der Waals surface area contributed by atoms with Crippen LogP contribution in [0.3, 0.4) is 0 Å². The second-order valence-corrected chi connectivity index (χ2v) is 4.73. The molecule has 1 aliphatic rings. The Labute approximate surface area is 87.4 Å². The van der Waals surface area contributed by atoms with Crippen molar-refractivity contribution in [3.05, 3.63) is 6.20 Å². The van der Waals surface area contributed by atoms with Crippen LogP contribution in [-0.2, 0) is 0 Å². The molecular weight excluding hydrogens is 198 g/mol. The van der Waals surface area contributed by atoms with Crippen molar-refractivity contribution in [1.82, 2.24) is 4.98 Å². The molecule has 2 rings (SSSR count). The van der Waals surface area contributed by atoms with Gasteiger partial charge in [-0.3, -0.25) is 0 Å². The third-order valence-electron chi connectivity index (χ3n) is 2.70. The number of hydrogen-bond donors (Lipinski definition) is 2. The van der Waals surface area contributed by atoms with Crippen LogP contribution < -0.4 is 10.6 Å². The van der Waals surface area contributed by atoms with Gasteiger partial charge in [0.2, 0.25) is 0 Å². The highest BCUT2D eigenvalue weighted by atomic mass is 32.1. The minimum absolute atomic E-state index is 0.147. The number of aliphatic hydroxyl groups excluding tert-OH is 1. The van der Waals surface area contributed by atoms with Gasteiger partial charge in [-0.1, -0.05) is 11.3 Å². The zero-order chi connectivity index (χ0) is 10.1. The molecule has 0 saturated carbocycles. The topological polar surface area (TPSA) is 62.4 Å². The molecule has 1 aromatic rings. The molecule has 1 saturated heterocycles. The van der Waals surface area contributed by atoms with E-state index in [2.05, 4.69) is 9.88 Å². The Morgan fingerprint density at radius 3 is 3.14 bits per heavy atom. The lowest BCUT2D eigenvalue weighted by Gasteiger charge is -2.36. The summed E-state index contributed by atoms with van der Waals surface area (Å²) in [6.45, 7) is 2.99. The summed E-state index contributed by atoms with van der Waals surface area (Å²) >= 11 is 1.48. The first-order chi connectivity index (χ1) is 6.68. The number of hydrogen-bond acceptors (Lipinski definition) is 5. The molecule has 1 fully saturated rings. The Hall–Kier alpha value is -0.810. The van der Waals surface area contributed by atoms with Crippen molar-refractivity contribution < 1.29 is 5.11 Å². The lowest BCUT2D eigenvalue weighted by Crippen LogP contribution is -2.46. The molecule has 78 valence electrons. The fourth-order valence-electron chi connectivity index (χ4n) is 1.80. The highest BCUT2D eigenvalue weighted by Gasteiger charge is 2.27. The van der Waals surface area contributed by atoms with Gasteiger partial charge in [0, 0.05) is 6.54 Å². The highest BCUT2D eigenvalue weighted by Crippen LogP contribution is 2.29. The molecule has 0 aromatic carbocycles. The summed E-state index contributed by atoms with van der Waals surface area (Å²) in [7, 11) is 0. The SMILES string of the molecule is CC1C(O)CCCN1c1ncc(N)s1. The van der Waals surface area contributed by atoms with Crippen molar-refractivity contribution in [2.75, 3.05) is 17.2 Å². The van der Waals surface area contributed by atoms with Crippen LogP contribution in [0.1, 0.15) is 19.8 Å². The Morgan fingerprint density at radius 1 is 1.71 bits per heavy atom. The maximum Gasteiger partial charge on any atom is 0.187 e. The van der Waals surface area contributed by atoms with Crippen LogP contribution >= 0.6 is 11.3 Å². The molecule has 1 aromatic heterocycles. The minimum Gasteiger partial charge on any atom is -0.391 e. The van der Waals surface area contributed by atoms with Crippen LogP contribution in [0, 0.1) is 0 Å². The maximum absolute atomic E-state index is 9.72. The third-order valence-corrected chi connectivity index (χ3v) is 3.57. The minimum atomic E-state index is -0.242. The molecule has 14 heavy (non-hydrogen) atoms. The molecule has 0 bridgehead atoms. The van der Waals surface area contributed by atoms with Crippen molar-refractivity contribution in [2.45, 2.75) is 31.9 Å². The summed E-state index contributed by atoms with van der Waals surface area (Å²) in [6.07, 6.45) is 3.34. The molecule has 2 unspecified atom stereocenters. The lowest BCUT2D eigenvalue weighted by molar-refractivity contribution is 0.119. The lowest BCUT2D eigenvalue weighted by atomic mass is 10.0. The maximum atomic E-state index is 9.72. The van der Waals surface area contributed by atoms with E-state index in [1.54, 1.807) is 6.20 Å². The second kappa shape index (κ2) is 3.74. The molecule has 2 heterocycles. The molecule has 1 aliphatic heterocycles. The number of rotatable bonds is 1. The second-order valence-electron chi connectivity index (χ2n) is 3.69. The van der Waals surface area contributed by atoms with Gasteiger partial charge >= 0.3 is 0 Å². The standard InChI is InChI=1S/C9H15N3OS/c1-6-7(13)3-2-4-12(6)9-11-5-8(10)14-9/h5-7,13H,2-4,10H2,1H3. The summed E-state index contributed by atoms with van der Waals surface area (Å²) in [5.74, 6) is 0. The van der Waals surface area contributed by atoms with Crippen molar-refractivity contribution in [2.24, 2.45) is 0 Å². The predicted octanol–water partition coefficient (Wildman–Crippen LogP) is 1.07. The van der Waals surface area contributed by atoms with E-state index in [1.165, 1.54) is 11.3 Å². The van der Waals surface area contributed by atoms with Crippen molar-refractivity contribution in [1.29, 1.82) is 0 Å². The van der Waals surface area contributed by atoms with Gasteiger partial charge in [-0.15, -0.1) is 0 Å². The Bertz CT molecular complexity index is 315. The Kier molecular flexibility index (Phi) is 2.60. The zero-order valence-electron chi connectivity index (χ0n) is 8.18. The van der Waals surface area contributed by atoms with Crippen LogP contribution in [0.15, 0.2) is 6.20 Å². The number of nitrogens with two attached hydrogens (primary N) is 1. The van der Waals surface area contributed by atoms with Gasteiger partial charge in [0.05, 0.1) is 18.3 Å². The van der Waals surface area contributed by atoms with E-state index in [0.29, 0.717) is 0 Å². The smallest absolute Gasteiger partial charge is 0.187 e. The number of anilines is 2. The first-order valence-corrected chi connectivity index (χ1v) is 5.66. The molecular formula is C9H15N3OS. The van der Waals surface area contributed by atoms with Gasteiger partial charge in [0.15, 0.2) is 5.13 Å². The predicted molar refractivity (Wildman–Crippen MR) is 58.6 cm³/mol. The number of aliphatic hydroxyl groups is 1. The van der Waals surface area contributed by atoms with E-state index in [4.69, 9.17) is 5.73 Å². The van der Waals surface area contributed by atoms with Crippen molar-refractivity contribution in [3.8, 4) is 0 Å². The van der Waals surface area contributed by atoms with E-state index in [9.17, 15) is 5.11 Å². The zero-order valence-corrected chi connectivity index (χ0v) is 9.00. The van der Waals surface area contributed by atoms with Crippen LogP contribution in [0.2, 0.25) is 0 Å². The van der Waals surface area contributed by atoms with E-state index in [-0.39, 0.29) is 12.1 Å². The summed E-state index contributed by atoms with van der Waals surface area (Å²) in [6, 6.07) is 0.147. The van der Waals surface area contributed by atoms with Gasteiger partial charge < -0.3 is 15.7 Å². The normalized spacial score (nSPS) is 28.0. The van der Waals surface area contributed by atoms with Crippen LogP contribution in [0.4, 0.5) is 10.1 Å². The van der Waals surface area contributed by atoms with Gasteiger partial charge in [0.1, 0.15) is 5.00 Å². The van der Waals surface area contributed by atoms with Crippen LogP contribution in [0.25, 0.3) is 0 Å². The molecule has 3 N–H and O–H groups in total. The average Bonchev–Trinajstić information content (AvgIpc) is 2.57. The number of nitrogen functional groups attached to an aromatic ring is 1. The van der Waals surface area contributed by atoms with Crippen molar-refractivity contribution >= 4 is 21.5 Å². The molecule has 0 aliphatic carbocycles. The molecule has 2 atom stereocenters. The van der Waals surface area contributed by atoms with Gasteiger partial charge in [-0.25, -0.2) is 4.98 Å². The van der Waals surface area contributed by atoms with Crippen LogP contribution in [0.5, 0.6) is 0 Å². The fraction of sp³-hybridized carbons (Fsp3) is 0.667. The van der Waals surface area contributed by atoms with Gasteiger partial charge in [0.25, 0.3) is 0 Å². The first kappa shape index (κ1) is 9.73. The van der Waals surface area contributed by atoms with E-state index in [1.807, 2.05) is 6.92 Å². The third kappa shape index (κ3) is 1.69. The number of piperidine rings is 1. The summed E-state index contributed by atoms with van der Waals surface area (Å²) in [5, 5.41) is 11.4. The van der Waals surface area contributed by atoms with E-state index < -0.39 is 0 Å². The largest absolute Gasteiger partial charge is 0.391 e. The van der Waals surface area contributed by atoms with Gasteiger partial charge in [-0.05, 0) is 19.8 Å². The number of thiazole rings is 1. The molecule has 5 heteroatoms. The molecule has 0 amide bonds. The summed E-state index contributed by atoms with van der Waals surface area (Å²) < 4.78 is 0. The first-order valence-electron chi connectivity index (χ1n) is 4.84. The Balaban J connectivity index is 2.17. The van der Waals surface area contributed by atoms with E-state index in [0.717, 1.165) is 29.5 Å². The van der Waals surface area contributed by atoms with E-state index >= 15 is 0 Å². The van der Waals surface area contributed by atoms with Crippen LogP contribution in [-0.4, -0.2) is 28.8 Å². The number of nitrogens with zero attached hydrogens (tertiary/aromatic N) is 2. The highest BCUT2D eigenvalue weighted by molar-refractivity contribution is 7.19. The molecule has 0 radical (unpaired) electrons. The number of aromatic nitrogens is 1. The monoisotopic (exact) mass is 213 g/mol. The molecule has 0 spiro atoms. The average molecular weight is 213 g/mol. The van der Waals surface area contributed by atoms with Crippen molar-refractivity contribution in [3.63, 3.8) is 0 Å². The fourth-order valence-corrected chi connectivity index (χ4v) is 2.60. The summed E-state index contributed by atoms with van der Waals surface area (Å²) in [5.41, 5.74) is 5.63. The van der Waals surface area contributed by atoms with Gasteiger partial charge in [-0.2, -0.15) is 0 Å². The quantitative estimate of drug-likeness (QED) is 0.732.